The molecule has 0 heterocycles. The molecule has 0 atom stereocenters. The minimum Gasteiger partial charge on any atom is -0.481 e. The van der Waals surface area contributed by atoms with Crippen molar-refractivity contribution in [2.24, 2.45) is 0 Å². The molecule has 0 bridgehead atoms. The van der Waals surface area contributed by atoms with Crippen molar-refractivity contribution >= 4 is 23.6 Å². The van der Waals surface area contributed by atoms with Gasteiger partial charge >= 0.3 is 5.97 Å². The molecule has 0 aliphatic heterocycles. The maximum Gasteiger partial charge on any atom is 0.303 e. The molecule has 0 radical (unpaired) electrons. The molecular formula is C12H23NO3S. The zero-order valence-electron chi connectivity index (χ0n) is 10.7. The molecule has 5 heteroatoms. The summed E-state index contributed by atoms with van der Waals surface area (Å²) >= 11 is 1.76. The van der Waals surface area contributed by atoms with Crippen LogP contribution in [0.1, 0.15) is 46.0 Å². The molecule has 1 amide bonds. The maximum absolute atomic E-state index is 11.3. The van der Waals surface area contributed by atoms with E-state index in [1.807, 2.05) is 13.8 Å². The lowest BCUT2D eigenvalue weighted by molar-refractivity contribution is -0.137. The molecule has 0 saturated carbocycles. The van der Waals surface area contributed by atoms with E-state index in [0.717, 1.165) is 30.8 Å². The fraction of sp³-hybridized carbons (Fsp3) is 0.833. The molecule has 4 nitrogen and oxygen atoms in total. The molecule has 0 spiro atoms. The number of nitrogens with one attached hydrogen (secondary N) is 1. The minimum absolute atomic E-state index is 0.110. The molecule has 2 N–H and O–H groups in total. The number of unbranched alkanes of at least 4 members (excludes halogenated alkanes) is 2. The third-order valence-corrected chi connectivity index (χ3v) is 3.17. The van der Waals surface area contributed by atoms with E-state index >= 15 is 0 Å². The van der Waals surface area contributed by atoms with Gasteiger partial charge in [0.2, 0.25) is 5.91 Å². The Labute approximate surface area is 108 Å². The molecule has 0 fully saturated rings. The van der Waals surface area contributed by atoms with Crippen molar-refractivity contribution in [3.63, 3.8) is 0 Å². The van der Waals surface area contributed by atoms with E-state index in [1.54, 1.807) is 11.8 Å². The van der Waals surface area contributed by atoms with Gasteiger partial charge in [-0.05, 0) is 32.4 Å². The largest absolute Gasteiger partial charge is 0.481 e. The van der Waals surface area contributed by atoms with Gasteiger partial charge in [-0.15, -0.1) is 0 Å². The highest BCUT2D eigenvalue weighted by Crippen LogP contribution is 2.08. The van der Waals surface area contributed by atoms with Crippen LogP contribution in [0.3, 0.4) is 0 Å². The van der Waals surface area contributed by atoms with Gasteiger partial charge in [0, 0.05) is 24.6 Å². The highest BCUT2D eigenvalue weighted by atomic mass is 32.2. The normalized spacial score (nSPS) is 10.5. The Morgan fingerprint density at radius 2 is 1.82 bits per heavy atom. The van der Waals surface area contributed by atoms with Gasteiger partial charge in [-0.3, -0.25) is 9.59 Å². The van der Waals surface area contributed by atoms with Crippen LogP contribution in [-0.4, -0.2) is 34.5 Å². The van der Waals surface area contributed by atoms with Crippen molar-refractivity contribution in [1.82, 2.24) is 5.32 Å². The van der Waals surface area contributed by atoms with Crippen molar-refractivity contribution in [1.29, 1.82) is 0 Å². The van der Waals surface area contributed by atoms with Crippen molar-refractivity contribution in [2.75, 3.05) is 11.5 Å². The van der Waals surface area contributed by atoms with Gasteiger partial charge < -0.3 is 10.4 Å². The van der Waals surface area contributed by atoms with Gasteiger partial charge in [0.05, 0.1) is 0 Å². The second kappa shape index (κ2) is 10.4. The Kier molecular flexibility index (Phi) is 10.0. The van der Waals surface area contributed by atoms with E-state index in [2.05, 4.69) is 5.32 Å². The number of thioether (sulfide) groups is 1. The molecule has 0 aliphatic carbocycles. The number of hydrogen-bond donors (Lipinski definition) is 2. The van der Waals surface area contributed by atoms with Gasteiger partial charge in [-0.25, -0.2) is 0 Å². The first kappa shape index (κ1) is 16.3. The van der Waals surface area contributed by atoms with Crippen LogP contribution in [0.2, 0.25) is 0 Å². The molecule has 100 valence electrons. The topological polar surface area (TPSA) is 66.4 Å². The highest BCUT2D eigenvalue weighted by molar-refractivity contribution is 7.99. The van der Waals surface area contributed by atoms with Crippen LogP contribution in [0.25, 0.3) is 0 Å². The summed E-state index contributed by atoms with van der Waals surface area (Å²) in [5.74, 6) is 1.24. The lowest BCUT2D eigenvalue weighted by atomic mass is 10.2. The quantitative estimate of drug-likeness (QED) is 0.592. The predicted molar refractivity (Wildman–Crippen MR) is 71.3 cm³/mol. The second-order valence-corrected chi connectivity index (χ2v) is 5.51. The number of carbonyl (C=O) groups is 2. The van der Waals surface area contributed by atoms with Crippen LogP contribution >= 0.6 is 11.8 Å². The lowest BCUT2D eigenvalue weighted by Crippen LogP contribution is -2.30. The van der Waals surface area contributed by atoms with Crippen LogP contribution in [0.5, 0.6) is 0 Å². The Morgan fingerprint density at radius 1 is 1.12 bits per heavy atom. The van der Waals surface area contributed by atoms with Gasteiger partial charge in [0.25, 0.3) is 0 Å². The average Bonchev–Trinajstić information content (AvgIpc) is 2.20. The summed E-state index contributed by atoms with van der Waals surface area (Å²) in [6.45, 7) is 3.90. The number of amides is 1. The lowest BCUT2D eigenvalue weighted by Gasteiger charge is -2.07. The third-order valence-electron chi connectivity index (χ3n) is 2.10. The first-order chi connectivity index (χ1) is 8.02. The molecule has 0 aromatic rings. The van der Waals surface area contributed by atoms with E-state index in [0.29, 0.717) is 6.42 Å². The number of hydrogen-bond acceptors (Lipinski definition) is 3. The molecule has 17 heavy (non-hydrogen) atoms. The zero-order chi connectivity index (χ0) is 13.1. The Morgan fingerprint density at radius 3 is 2.41 bits per heavy atom. The second-order valence-electron chi connectivity index (χ2n) is 4.29. The molecule has 0 saturated heterocycles. The summed E-state index contributed by atoms with van der Waals surface area (Å²) in [4.78, 5) is 21.5. The number of carbonyl (C=O) groups excluding carboxylic acids is 1. The molecule has 0 unspecified atom stereocenters. The summed E-state index contributed by atoms with van der Waals surface area (Å²) in [7, 11) is 0. The van der Waals surface area contributed by atoms with Crippen LogP contribution in [0.4, 0.5) is 0 Å². The van der Waals surface area contributed by atoms with Gasteiger partial charge in [0.1, 0.15) is 0 Å². The monoisotopic (exact) mass is 261 g/mol. The van der Waals surface area contributed by atoms with E-state index in [1.165, 1.54) is 0 Å². The summed E-state index contributed by atoms with van der Waals surface area (Å²) in [6.07, 6.45) is 3.57. The van der Waals surface area contributed by atoms with E-state index < -0.39 is 5.97 Å². The van der Waals surface area contributed by atoms with Crippen molar-refractivity contribution in [2.45, 2.75) is 52.0 Å². The maximum atomic E-state index is 11.3. The summed E-state index contributed by atoms with van der Waals surface area (Å²) < 4.78 is 0. The fourth-order valence-corrected chi connectivity index (χ4v) is 2.26. The number of carboxylic acids is 1. The Hall–Kier alpha value is -0.710. The third kappa shape index (κ3) is 13.2. The van der Waals surface area contributed by atoms with Gasteiger partial charge in [0.15, 0.2) is 0 Å². The first-order valence-electron chi connectivity index (χ1n) is 6.11. The number of aliphatic carboxylic acids is 1. The van der Waals surface area contributed by atoms with Gasteiger partial charge in [-0.1, -0.05) is 6.42 Å². The van der Waals surface area contributed by atoms with Crippen LogP contribution in [0.15, 0.2) is 0 Å². The summed E-state index contributed by atoms with van der Waals surface area (Å²) in [5.41, 5.74) is 0. The average molecular weight is 261 g/mol. The first-order valence-corrected chi connectivity index (χ1v) is 7.26. The molecule has 0 aromatic carbocycles. The summed E-state index contributed by atoms with van der Waals surface area (Å²) in [6, 6.07) is 0.212. The molecular weight excluding hydrogens is 238 g/mol. The SMILES string of the molecule is CC(C)NC(=O)CCSCCCCCC(=O)O. The van der Waals surface area contributed by atoms with Crippen LogP contribution in [0, 0.1) is 0 Å². The zero-order valence-corrected chi connectivity index (χ0v) is 11.5. The molecule has 0 rings (SSSR count). The van der Waals surface area contributed by atoms with E-state index in [9.17, 15) is 9.59 Å². The fourth-order valence-electron chi connectivity index (χ4n) is 1.32. The summed E-state index contributed by atoms with van der Waals surface area (Å²) in [5, 5.41) is 11.3. The Balaban J connectivity index is 3.18. The van der Waals surface area contributed by atoms with Gasteiger partial charge in [-0.2, -0.15) is 11.8 Å². The molecule has 0 aliphatic rings. The predicted octanol–water partition coefficient (Wildman–Crippen LogP) is 2.28. The smallest absolute Gasteiger partial charge is 0.303 e. The minimum atomic E-state index is -0.719. The standard InChI is InChI=1S/C12H23NO3S/c1-10(2)13-11(14)7-9-17-8-5-3-4-6-12(15)16/h10H,3-9H2,1-2H3,(H,13,14)(H,15,16). The number of rotatable bonds is 10. The van der Waals surface area contributed by atoms with E-state index in [4.69, 9.17) is 5.11 Å². The molecule has 0 aromatic heterocycles. The van der Waals surface area contributed by atoms with Crippen LogP contribution < -0.4 is 5.32 Å². The number of carboxylic acid groups (broad SMARTS) is 1. The van der Waals surface area contributed by atoms with Crippen molar-refractivity contribution in [3.8, 4) is 0 Å². The van der Waals surface area contributed by atoms with Crippen molar-refractivity contribution in [3.05, 3.63) is 0 Å². The van der Waals surface area contributed by atoms with E-state index in [-0.39, 0.29) is 18.4 Å². The van der Waals surface area contributed by atoms with Crippen molar-refractivity contribution < 1.29 is 14.7 Å². The highest BCUT2D eigenvalue weighted by Gasteiger charge is 2.02. The Bertz CT molecular complexity index is 232. The van der Waals surface area contributed by atoms with Crippen LogP contribution in [-0.2, 0) is 9.59 Å².